The summed E-state index contributed by atoms with van der Waals surface area (Å²) in [6.45, 7) is 1.92. The average Bonchev–Trinajstić information content (AvgIpc) is 2.48. The predicted molar refractivity (Wildman–Crippen MR) is 83.7 cm³/mol. The second-order valence-electron chi connectivity index (χ2n) is 4.59. The number of carbonyl (C=O) groups is 1. The molecule has 2 rings (SSSR count). The number of para-hydroxylation sites is 1. The van der Waals surface area contributed by atoms with E-state index in [9.17, 15) is 9.18 Å². The highest BCUT2D eigenvalue weighted by Crippen LogP contribution is 2.26. The van der Waals surface area contributed by atoms with Gasteiger partial charge >= 0.3 is 5.97 Å². The summed E-state index contributed by atoms with van der Waals surface area (Å²) >= 11 is 3.41. The van der Waals surface area contributed by atoms with Crippen LogP contribution in [0.2, 0.25) is 0 Å². The fourth-order valence-electron chi connectivity index (χ4n) is 1.98. The number of anilines is 1. The molecule has 0 heterocycles. The highest BCUT2D eigenvalue weighted by Gasteiger charge is 2.22. The predicted octanol–water partition coefficient (Wildman–Crippen LogP) is 4.22. The first-order chi connectivity index (χ1) is 10.0. The van der Waals surface area contributed by atoms with Crippen molar-refractivity contribution in [3.63, 3.8) is 0 Å². The van der Waals surface area contributed by atoms with Crippen molar-refractivity contribution < 1.29 is 13.9 Å². The Kier molecular flexibility index (Phi) is 4.96. The van der Waals surface area contributed by atoms with Crippen LogP contribution >= 0.6 is 15.9 Å². The first kappa shape index (κ1) is 15.5. The van der Waals surface area contributed by atoms with Crippen LogP contribution in [0.4, 0.5) is 10.1 Å². The zero-order chi connectivity index (χ0) is 15.4. The van der Waals surface area contributed by atoms with E-state index < -0.39 is 17.8 Å². The summed E-state index contributed by atoms with van der Waals surface area (Å²) < 4.78 is 19.5. The molecule has 0 fully saturated rings. The number of carbonyl (C=O) groups excluding carboxylic acids is 1. The van der Waals surface area contributed by atoms with E-state index in [1.165, 1.54) is 13.2 Å². The lowest BCUT2D eigenvalue weighted by atomic mass is 10.0. The Balaban J connectivity index is 2.37. The van der Waals surface area contributed by atoms with Crippen molar-refractivity contribution in [2.45, 2.75) is 13.0 Å². The minimum Gasteiger partial charge on any atom is -0.467 e. The molecule has 0 spiro atoms. The van der Waals surface area contributed by atoms with Gasteiger partial charge in [-0.05, 0) is 36.2 Å². The zero-order valence-electron chi connectivity index (χ0n) is 11.7. The first-order valence-electron chi connectivity index (χ1n) is 6.38. The third-order valence-corrected chi connectivity index (χ3v) is 4.02. The van der Waals surface area contributed by atoms with Crippen molar-refractivity contribution in [2.75, 3.05) is 12.4 Å². The molecule has 110 valence electrons. The van der Waals surface area contributed by atoms with Crippen LogP contribution in [0.15, 0.2) is 46.9 Å². The molecule has 0 amide bonds. The summed E-state index contributed by atoms with van der Waals surface area (Å²) in [5.74, 6) is -0.889. The summed E-state index contributed by atoms with van der Waals surface area (Å²) in [4.78, 5) is 12.0. The summed E-state index contributed by atoms with van der Waals surface area (Å²) in [6, 6.07) is 11.0. The number of hydrogen-bond acceptors (Lipinski definition) is 3. The molecule has 0 saturated heterocycles. The molecule has 0 aliphatic carbocycles. The highest BCUT2D eigenvalue weighted by molar-refractivity contribution is 9.10. The molecule has 3 nitrogen and oxygen atoms in total. The van der Waals surface area contributed by atoms with Gasteiger partial charge in [0.05, 0.1) is 12.8 Å². The molecule has 1 atom stereocenters. The van der Waals surface area contributed by atoms with Crippen molar-refractivity contribution in [3.05, 3.63) is 63.9 Å². The molecule has 0 saturated carbocycles. The third kappa shape index (κ3) is 3.61. The Hall–Kier alpha value is -1.88. The van der Waals surface area contributed by atoms with Gasteiger partial charge in [-0.25, -0.2) is 9.18 Å². The van der Waals surface area contributed by atoms with Gasteiger partial charge in [-0.1, -0.05) is 40.2 Å². The number of esters is 1. The van der Waals surface area contributed by atoms with Gasteiger partial charge in [0, 0.05) is 4.47 Å². The maximum Gasteiger partial charge on any atom is 0.332 e. The van der Waals surface area contributed by atoms with Crippen LogP contribution in [-0.2, 0) is 9.53 Å². The molecule has 0 bridgehead atoms. The Morgan fingerprint density at radius 3 is 2.62 bits per heavy atom. The van der Waals surface area contributed by atoms with E-state index in [-0.39, 0.29) is 5.69 Å². The normalized spacial score (nSPS) is 11.8. The van der Waals surface area contributed by atoms with Crippen LogP contribution < -0.4 is 5.32 Å². The Bertz CT molecular complexity index is 660. The molecule has 5 heteroatoms. The fraction of sp³-hybridized carbons (Fsp3) is 0.188. The number of methoxy groups -OCH3 is 1. The van der Waals surface area contributed by atoms with Gasteiger partial charge in [0.15, 0.2) is 6.04 Å². The Morgan fingerprint density at radius 2 is 2.00 bits per heavy atom. The van der Waals surface area contributed by atoms with Crippen molar-refractivity contribution in [2.24, 2.45) is 0 Å². The Morgan fingerprint density at radius 1 is 1.29 bits per heavy atom. The maximum atomic E-state index is 13.8. The van der Waals surface area contributed by atoms with E-state index in [1.54, 1.807) is 24.3 Å². The summed E-state index contributed by atoms with van der Waals surface area (Å²) in [6.07, 6.45) is 0. The maximum absolute atomic E-state index is 13.8. The molecule has 2 aromatic carbocycles. The molecular formula is C16H15BrFNO2. The number of rotatable bonds is 4. The smallest absolute Gasteiger partial charge is 0.332 e. The van der Waals surface area contributed by atoms with E-state index in [4.69, 9.17) is 4.74 Å². The molecule has 0 aliphatic rings. The molecule has 2 aromatic rings. The van der Waals surface area contributed by atoms with Crippen molar-refractivity contribution >= 4 is 27.6 Å². The number of nitrogens with one attached hydrogen (secondary N) is 1. The number of benzene rings is 2. The van der Waals surface area contributed by atoms with E-state index >= 15 is 0 Å². The highest BCUT2D eigenvalue weighted by atomic mass is 79.9. The molecule has 0 aliphatic heterocycles. The van der Waals surface area contributed by atoms with Gasteiger partial charge in [0.25, 0.3) is 0 Å². The summed E-state index contributed by atoms with van der Waals surface area (Å²) in [5.41, 5.74) is 1.95. The lowest BCUT2D eigenvalue weighted by Crippen LogP contribution is -2.23. The standard InChI is InChI=1S/C16H15BrFNO2/c1-10-9-11(7-8-12(10)17)15(16(20)21-2)19-14-6-4-3-5-13(14)18/h3-9,15,19H,1-2H3. The quantitative estimate of drug-likeness (QED) is 0.838. The SMILES string of the molecule is COC(=O)C(Nc1ccccc1F)c1ccc(Br)c(C)c1. The number of aryl methyl sites for hydroxylation is 1. The van der Waals surface area contributed by atoms with Gasteiger partial charge in [-0.15, -0.1) is 0 Å². The average molecular weight is 352 g/mol. The minimum absolute atomic E-state index is 0.258. The number of ether oxygens (including phenoxy) is 1. The number of halogens is 2. The first-order valence-corrected chi connectivity index (χ1v) is 7.17. The van der Waals surface area contributed by atoms with Crippen LogP contribution in [-0.4, -0.2) is 13.1 Å². The zero-order valence-corrected chi connectivity index (χ0v) is 13.3. The van der Waals surface area contributed by atoms with E-state index in [0.29, 0.717) is 5.56 Å². The van der Waals surface area contributed by atoms with Gasteiger partial charge < -0.3 is 10.1 Å². The van der Waals surface area contributed by atoms with Crippen molar-refractivity contribution in [3.8, 4) is 0 Å². The van der Waals surface area contributed by atoms with E-state index in [2.05, 4.69) is 21.2 Å². The van der Waals surface area contributed by atoms with E-state index in [0.717, 1.165) is 10.0 Å². The molecule has 1 N–H and O–H groups in total. The molecule has 0 radical (unpaired) electrons. The summed E-state index contributed by atoms with van der Waals surface area (Å²) in [5, 5.41) is 2.90. The molecule has 1 unspecified atom stereocenters. The van der Waals surface area contributed by atoms with Crippen LogP contribution in [0.1, 0.15) is 17.2 Å². The lowest BCUT2D eigenvalue weighted by Gasteiger charge is -2.19. The fourth-order valence-corrected chi connectivity index (χ4v) is 2.22. The van der Waals surface area contributed by atoms with Crippen LogP contribution in [0.25, 0.3) is 0 Å². The van der Waals surface area contributed by atoms with Gasteiger partial charge in [0.2, 0.25) is 0 Å². The van der Waals surface area contributed by atoms with Crippen molar-refractivity contribution in [1.29, 1.82) is 0 Å². The van der Waals surface area contributed by atoms with E-state index in [1.807, 2.05) is 19.1 Å². The monoisotopic (exact) mass is 351 g/mol. The molecule has 0 aromatic heterocycles. The van der Waals surface area contributed by atoms with Crippen LogP contribution in [0.3, 0.4) is 0 Å². The van der Waals surface area contributed by atoms with Crippen LogP contribution in [0, 0.1) is 12.7 Å². The lowest BCUT2D eigenvalue weighted by molar-refractivity contribution is -0.141. The largest absolute Gasteiger partial charge is 0.467 e. The summed E-state index contributed by atoms with van der Waals surface area (Å²) in [7, 11) is 1.31. The van der Waals surface area contributed by atoms with Crippen molar-refractivity contribution in [1.82, 2.24) is 0 Å². The van der Waals surface area contributed by atoms with Gasteiger partial charge in [-0.3, -0.25) is 0 Å². The van der Waals surface area contributed by atoms with Gasteiger partial charge in [0.1, 0.15) is 5.82 Å². The third-order valence-electron chi connectivity index (χ3n) is 3.13. The second kappa shape index (κ2) is 6.72. The van der Waals surface area contributed by atoms with Gasteiger partial charge in [-0.2, -0.15) is 0 Å². The second-order valence-corrected chi connectivity index (χ2v) is 5.44. The molecular weight excluding hydrogens is 337 g/mol. The minimum atomic E-state index is -0.765. The van der Waals surface area contributed by atoms with Crippen LogP contribution in [0.5, 0.6) is 0 Å². The topological polar surface area (TPSA) is 38.3 Å². The molecule has 21 heavy (non-hydrogen) atoms. The Labute approximate surface area is 131 Å². The number of hydrogen-bond donors (Lipinski definition) is 1.